The first-order chi connectivity index (χ1) is 15.0. The lowest BCUT2D eigenvalue weighted by molar-refractivity contribution is -0.146. The van der Waals surface area contributed by atoms with Gasteiger partial charge in [0.1, 0.15) is 6.04 Å². The minimum Gasteiger partial charge on any atom is -0.391 e. The van der Waals surface area contributed by atoms with Crippen LogP contribution < -0.4 is 5.32 Å². The highest BCUT2D eigenvalue weighted by atomic mass is 32.1. The fourth-order valence-electron chi connectivity index (χ4n) is 4.80. The summed E-state index contributed by atoms with van der Waals surface area (Å²) < 4.78 is 0. The number of aliphatic hydroxyl groups excluding tert-OH is 1. The zero-order valence-electron chi connectivity index (χ0n) is 19.9. The SMILES string of the molecule is Cc1ncsc1-c1ccc(CNC(=O)[C@@H]2C[C@@H](O)CN2C(=O)C(C(C)C)C(C)(C)C)cc1. The van der Waals surface area contributed by atoms with Crippen LogP contribution in [0.5, 0.6) is 0 Å². The molecule has 1 aromatic heterocycles. The number of benzene rings is 1. The van der Waals surface area contributed by atoms with Gasteiger partial charge in [-0.1, -0.05) is 58.9 Å². The Morgan fingerprint density at radius 1 is 1.25 bits per heavy atom. The van der Waals surface area contributed by atoms with Gasteiger partial charge in [0.15, 0.2) is 0 Å². The van der Waals surface area contributed by atoms with E-state index >= 15 is 0 Å². The van der Waals surface area contributed by atoms with Gasteiger partial charge in [-0.05, 0) is 29.4 Å². The van der Waals surface area contributed by atoms with Gasteiger partial charge in [-0.25, -0.2) is 4.98 Å². The van der Waals surface area contributed by atoms with E-state index in [1.807, 2.05) is 50.5 Å². The van der Waals surface area contributed by atoms with Gasteiger partial charge in [-0.2, -0.15) is 0 Å². The van der Waals surface area contributed by atoms with Crippen molar-refractivity contribution < 1.29 is 14.7 Å². The number of aliphatic hydroxyl groups is 1. The Balaban J connectivity index is 1.67. The number of hydrogen-bond acceptors (Lipinski definition) is 5. The summed E-state index contributed by atoms with van der Waals surface area (Å²) in [6, 6.07) is 7.42. The number of likely N-dealkylation sites (tertiary alicyclic amines) is 1. The van der Waals surface area contributed by atoms with E-state index in [4.69, 9.17) is 0 Å². The second kappa shape index (κ2) is 9.71. The summed E-state index contributed by atoms with van der Waals surface area (Å²) in [5.41, 5.74) is 4.72. The quantitative estimate of drug-likeness (QED) is 0.687. The van der Waals surface area contributed by atoms with E-state index in [9.17, 15) is 14.7 Å². The molecular weight excluding hydrogens is 422 g/mol. The smallest absolute Gasteiger partial charge is 0.243 e. The first-order valence-electron chi connectivity index (χ1n) is 11.2. The molecule has 2 amide bonds. The predicted molar refractivity (Wildman–Crippen MR) is 128 cm³/mol. The van der Waals surface area contributed by atoms with Crippen LogP contribution in [0, 0.1) is 24.2 Å². The maximum absolute atomic E-state index is 13.4. The molecular formula is C25H35N3O3S. The predicted octanol–water partition coefficient (Wildman–Crippen LogP) is 4.01. The molecule has 1 aliphatic rings. The molecule has 2 aromatic rings. The molecule has 0 aliphatic carbocycles. The monoisotopic (exact) mass is 457 g/mol. The third-order valence-electron chi connectivity index (χ3n) is 6.16. The van der Waals surface area contributed by atoms with Crippen molar-refractivity contribution in [2.24, 2.45) is 17.3 Å². The molecule has 6 nitrogen and oxygen atoms in total. The average molecular weight is 458 g/mol. The standard InChI is InChI=1S/C25H35N3O3S/c1-15(2)21(25(4,5)6)24(31)28-13-19(29)11-20(28)23(30)26-12-17-7-9-18(10-8-17)22-16(3)27-14-32-22/h7-10,14-15,19-21,29H,11-13H2,1-6H3,(H,26,30)/t19-,20+,21?/m1/s1. The van der Waals surface area contributed by atoms with Crippen molar-refractivity contribution in [3.63, 3.8) is 0 Å². The molecule has 0 bridgehead atoms. The third-order valence-corrected chi connectivity index (χ3v) is 7.14. The van der Waals surface area contributed by atoms with Gasteiger partial charge in [0.2, 0.25) is 11.8 Å². The van der Waals surface area contributed by atoms with Gasteiger partial charge in [-0.3, -0.25) is 9.59 Å². The van der Waals surface area contributed by atoms with E-state index in [-0.39, 0.29) is 42.0 Å². The van der Waals surface area contributed by atoms with Crippen molar-refractivity contribution >= 4 is 23.2 Å². The molecule has 3 rings (SSSR count). The first kappa shape index (κ1) is 24.4. The molecule has 0 spiro atoms. The van der Waals surface area contributed by atoms with Crippen LogP contribution in [-0.2, 0) is 16.1 Å². The van der Waals surface area contributed by atoms with Crippen molar-refractivity contribution in [3.05, 3.63) is 41.0 Å². The first-order valence-corrected chi connectivity index (χ1v) is 12.1. The Kier molecular flexibility index (Phi) is 7.40. The highest BCUT2D eigenvalue weighted by Gasteiger charge is 2.44. The summed E-state index contributed by atoms with van der Waals surface area (Å²) in [7, 11) is 0. The van der Waals surface area contributed by atoms with Crippen molar-refractivity contribution in [2.45, 2.75) is 66.7 Å². The molecule has 2 heterocycles. The number of rotatable bonds is 6. The number of amides is 2. The fourth-order valence-corrected chi connectivity index (χ4v) is 5.61. The van der Waals surface area contributed by atoms with Gasteiger partial charge < -0.3 is 15.3 Å². The molecule has 0 radical (unpaired) electrons. The van der Waals surface area contributed by atoms with Crippen molar-refractivity contribution in [1.82, 2.24) is 15.2 Å². The minimum absolute atomic E-state index is 0.0477. The Morgan fingerprint density at radius 3 is 2.44 bits per heavy atom. The van der Waals surface area contributed by atoms with Crippen LogP contribution in [0.3, 0.4) is 0 Å². The number of nitrogens with zero attached hydrogens (tertiary/aromatic N) is 2. The van der Waals surface area contributed by atoms with E-state index in [1.54, 1.807) is 16.2 Å². The summed E-state index contributed by atoms with van der Waals surface area (Å²) in [6.45, 7) is 12.8. The maximum Gasteiger partial charge on any atom is 0.243 e. The Bertz CT molecular complexity index is 946. The summed E-state index contributed by atoms with van der Waals surface area (Å²) in [5.74, 6) is -0.335. The van der Waals surface area contributed by atoms with E-state index in [0.29, 0.717) is 6.54 Å². The van der Waals surface area contributed by atoms with Gasteiger partial charge in [0.05, 0.1) is 22.2 Å². The lowest BCUT2D eigenvalue weighted by Gasteiger charge is -2.37. The maximum atomic E-state index is 13.4. The number of carbonyl (C=O) groups is 2. The van der Waals surface area contributed by atoms with Crippen molar-refractivity contribution in [3.8, 4) is 10.4 Å². The van der Waals surface area contributed by atoms with Crippen molar-refractivity contribution in [1.29, 1.82) is 0 Å². The topological polar surface area (TPSA) is 82.5 Å². The number of carbonyl (C=O) groups excluding carboxylic acids is 2. The van der Waals surface area contributed by atoms with Crippen LogP contribution in [0.25, 0.3) is 10.4 Å². The molecule has 0 saturated carbocycles. The van der Waals surface area contributed by atoms with Crippen LogP contribution in [-0.4, -0.2) is 45.5 Å². The van der Waals surface area contributed by atoms with Crippen LogP contribution in [0.15, 0.2) is 29.8 Å². The summed E-state index contributed by atoms with van der Waals surface area (Å²) >= 11 is 1.61. The number of nitrogens with one attached hydrogen (secondary N) is 1. The summed E-state index contributed by atoms with van der Waals surface area (Å²) in [6.07, 6.45) is -0.403. The Morgan fingerprint density at radius 2 is 1.91 bits per heavy atom. The number of thiazole rings is 1. The molecule has 1 fully saturated rings. The van der Waals surface area contributed by atoms with E-state index < -0.39 is 12.1 Å². The normalized spacial score (nSPS) is 19.9. The number of aromatic nitrogens is 1. The third kappa shape index (κ3) is 5.38. The van der Waals surface area contributed by atoms with Crippen molar-refractivity contribution in [2.75, 3.05) is 6.54 Å². The lowest BCUT2D eigenvalue weighted by Crippen LogP contribution is -2.50. The second-order valence-corrected chi connectivity index (χ2v) is 11.0. The van der Waals surface area contributed by atoms with E-state index in [1.165, 1.54) is 0 Å². The second-order valence-electron chi connectivity index (χ2n) is 10.2. The summed E-state index contributed by atoms with van der Waals surface area (Å²) in [5, 5.41) is 13.2. The van der Waals surface area contributed by atoms with Crippen LogP contribution in [0.4, 0.5) is 0 Å². The fraction of sp³-hybridized carbons (Fsp3) is 0.560. The minimum atomic E-state index is -0.676. The van der Waals surface area contributed by atoms with Gasteiger partial charge in [-0.15, -0.1) is 11.3 Å². The average Bonchev–Trinajstić information content (AvgIpc) is 3.30. The molecule has 1 aliphatic heterocycles. The Labute approximate surface area is 195 Å². The zero-order chi connectivity index (χ0) is 23.6. The number of aryl methyl sites for hydroxylation is 1. The largest absolute Gasteiger partial charge is 0.391 e. The summed E-state index contributed by atoms with van der Waals surface area (Å²) in [4.78, 5) is 33.4. The molecule has 3 atom stereocenters. The molecule has 32 heavy (non-hydrogen) atoms. The van der Waals surface area contributed by atoms with Crippen LogP contribution in [0.2, 0.25) is 0 Å². The molecule has 1 aromatic carbocycles. The highest BCUT2D eigenvalue weighted by Crippen LogP contribution is 2.35. The molecule has 7 heteroatoms. The zero-order valence-corrected chi connectivity index (χ0v) is 20.7. The molecule has 1 saturated heterocycles. The number of hydrogen-bond donors (Lipinski definition) is 2. The van der Waals surface area contributed by atoms with E-state index in [0.717, 1.165) is 21.7 Å². The van der Waals surface area contributed by atoms with Crippen LogP contribution in [0.1, 0.15) is 52.3 Å². The molecule has 2 N–H and O–H groups in total. The number of β-amino-alcohol motifs (C(OH)–C–C–N with tert-alkyl or cyclic N) is 1. The highest BCUT2D eigenvalue weighted by molar-refractivity contribution is 7.13. The van der Waals surface area contributed by atoms with Gasteiger partial charge >= 0.3 is 0 Å². The van der Waals surface area contributed by atoms with E-state index in [2.05, 4.69) is 31.1 Å². The molecule has 1 unspecified atom stereocenters. The van der Waals surface area contributed by atoms with Gasteiger partial charge in [0, 0.05) is 25.4 Å². The molecule has 174 valence electrons. The van der Waals surface area contributed by atoms with Gasteiger partial charge in [0.25, 0.3) is 0 Å². The lowest BCUT2D eigenvalue weighted by atomic mass is 9.73. The Hall–Kier alpha value is -2.25. The van der Waals surface area contributed by atoms with Crippen LogP contribution >= 0.6 is 11.3 Å².